The van der Waals surface area contributed by atoms with Gasteiger partial charge in [0.2, 0.25) is 0 Å². The van der Waals surface area contributed by atoms with Gasteiger partial charge in [0.15, 0.2) is 0 Å². The molecule has 0 saturated heterocycles. The Morgan fingerprint density at radius 3 is 2.75 bits per heavy atom. The van der Waals surface area contributed by atoms with E-state index in [1.54, 1.807) is 0 Å². The maximum absolute atomic E-state index is 13.5. The minimum Gasteiger partial charge on any atom is -0.387 e. The van der Waals surface area contributed by atoms with E-state index < -0.39 is 11.9 Å². The molecule has 6 heteroatoms. The number of nitrogens with one attached hydrogen (secondary N) is 1. The first-order valence-corrected chi connectivity index (χ1v) is 7.77. The monoisotopic (exact) mass is 333 g/mol. The first-order valence-electron chi connectivity index (χ1n) is 6.07. The van der Waals surface area contributed by atoms with Crippen molar-refractivity contribution >= 4 is 34.5 Å². The van der Waals surface area contributed by atoms with Crippen molar-refractivity contribution in [2.45, 2.75) is 19.1 Å². The van der Waals surface area contributed by atoms with E-state index in [-0.39, 0.29) is 11.1 Å². The summed E-state index contributed by atoms with van der Waals surface area (Å²) < 4.78 is 13.5. The van der Waals surface area contributed by atoms with Crippen LogP contribution in [0.15, 0.2) is 29.0 Å². The summed E-state index contributed by atoms with van der Waals surface area (Å²) in [5.74, 6) is -0.502. The first kappa shape index (κ1) is 15.7. The molecule has 2 N–H and O–H groups in total. The van der Waals surface area contributed by atoms with Gasteiger partial charge in [-0.2, -0.15) is 11.3 Å². The smallest absolute Gasteiger partial charge is 0.142 e. The van der Waals surface area contributed by atoms with E-state index in [2.05, 4.69) is 5.32 Å². The molecule has 0 spiro atoms. The van der Waals surface area contributed by atoms with Crippen LogP contribution in [-0.4, -0.2) is 11.7 Å². The summed E-state index contributed by atoms with van der Waals surface area (Å²) in [6.45, 7) is 2.16. The highest BCUT2D eigenvalue weighted by molar-refractivity contribution is 7.07. The third-order valence-corrected chi connectivity index (χ3v) is 4.47. The van der Waals surface area contributed by atoms with E-state index in [0.29, 0.717) is 17.1 Å². The molecule has 1 heterocycles. The van der Waals surface area contributed by atoms with Crippen molar-refractivity contribution in [2.24, 2.45) is 0 Å². The fraction of sp³-hybridized carbons (Fsp3) is 0.286. The Kier molecular flexibility index (Phi) is 5.41. The summed E-state index contributed by atoms with van der Waals surface area (Å²) in [5, 5.41) is 17.3. The zero-order chi connectivity index (χ0) is 14.7. The molecule has 0 fully saturated rings. The average Bonchev–Trinajstić information content (AvgIpc) is 2.95. The number of aliphatic hydroxyl groups is 1. The normalized spacial score (nSPS) is 14.2. The summed E-state index contributed by atoms with van der Waals surface area (Å²) >= 11 is 13.5. The topological polar surface area (TPSA) is 32.3 Å². The van der Waals surface area contributed by atoms with Gasteiger partial charge in [-0.1, -0.05) is 23.2 Å². The Morgan fingerprint density at radius 1 is 1.35 bits per heavy atom. The highest BCUT2D eigenvalue weighted by atomic mass is 35.5. The largest absolute Gasteiger partial charge is 0.387 e. The molecule has 0 amide bonds. The number of aliphatic hydroxyl groups excluding tert-OH is 1. The van der Waals surface area contributed by atoms with Gasteiger partial charge in [0.05, 0.1) is 11.1 Å². The van der Waals surface area contributed by atoms with Crippen molar-refractivity contribution in [3.63, 3.8) is 0 Å². The lowest BCUT2D eigenvalue weighted by Crippen LogP contribution is -2.25. The van der Waals surface area contributed by atoms with Crippen LogP contribution >= 0.6 is 34.5 Å². The fourth-order valence-electron chi connectivity index (χ4n) is 1.91. The predicted octanol–water partition coefficient (Wildman–Crippen LogP) is 4.58. The third kappa shape index (κ3) is 3.51. The van der Waals surface area contributed by atoms with Crippen LogP contribution in [-0.2, 0) is 0 Å². The lowest BCUT2D eigenvalue weighted by molar-refractivity contribution is 0.171. The van der Waals surface area contributed by atoms with Crippen molar-refractivity contribution in [3.05, 3.63) is 55.9 Å². The Balaban J connectivity index is 2.06. The Morgan fingerprint density at radius 2 is 2.10 bits per heavy atom. The Bertz CT molecular complexity index is 577. The maximum atomic E-state index is 13.5. The standard InChI is InChI=1S/C14H14Cl2FNOS/c1-8(13-10(15)2-3-11(17)14(13)16)18-6-12(19)9-4-5-20-7-9/h2-5,7-8,12,18-19H,6H2,1H3. The first-order chi connectivity index (χ1) is 9.50. The van der Waals surface area contributed by atoms with Crippen molar-refractivity contribution < 1.29 is 9.50 Å². The third-order valence-electron chi connectivity index (χ3n) is 3.06. The molecule has 2 rings (SSSR count). The molecule has 0 aliphatic heterocycles. The van der Waals surface area contributed by atoms with Crippen LogP contribution < -0.4 is 5.32 Å². The van der Waals surface area contributed by atoms with Gasteiger partial charge in [0.1, 0.15) is 5.82 Å². The predicted molar refractivity (Wildman–Crippen MR) is 82.1 cm³/mol. The van der Waals surface area contributed by atoms with E-state index in [4.69, 9.17) is 23.2 Å². The molecule has 0 radical (unpaired) electrons. The van der Waals surface area contributed by atoms with Gasteiger partial charge in [0.25, 0.3) is 0 Å². The van der Waals surface area contributed by atoms with E-state index in [0.717, 1.165) is 5.56 Å². The Hall–Kier alpha value is -0.650. The van der Waals surface area contributed by atoms with Crippen LogP contribution in [0, 0.1) is 5.82 Å². The molecular weight excluding hydrogens is 320 g/mol. The van der Waals surface area contributed by atoms with Crippen molar-refractivity contribution in [3.8, 4) is 0 Å². The summed E-state index contributed by atoms with van der Waals surface area (Å²) in [4.78, 5) is 0. The number of rotatable bonds is 5. The molecule has 2 nitrogen and oxygen atoms in total. The molecule has 108 valence electrons. The van der Waals surface area contributed by atoms with Crippen molar-refractivity contribution in [1.82, 2.24) is 5.32 Å². The van der Waals surface area contributed by atoms with E-state index in [1.807, 2.05) is 23.8 Å². The number of halogens is 3. The lowest BCUT2D eigenvalue weighted by atomic mass is 10.1. The van der Waals surface area contributed by atoms with Gasteiger partial charge < -0.3 is 10.4 Å². The van der Waals surface area contributed by atoms with Crippen LogP contribution in [0.25, 0.3) is 0 Å². The number of hydrogen-bond acceptors (Lipinski definition) is 3. The average molecular weight is 334 g/mol. The van der Waals surface area contributed by atoms with E-state index in [9.17, 15) is 9.50 Å². The molecular formula is C14H14Cl2FNOS. The summed E-state index contributed by atoms with van der Waals surface area (Å²) in [5.41, 5.74) is 1.36. The van der Waals surface area contributed by atoms with Crippen LogP contribution in [0.3, 0.4) is 0 Å². The van der Waals surface area contributed by atoms with Gasteiger partial charge in [-0.3, -0.25) is 0 Å². The number of benzene rings is 1. The second kappa shape index (κ2) is 6.87. The Labute approximate surface area is 131 Å². The van der Waals surface area contributed by atoms with Gasteiger partial charge in [0, 0.05) is 23.2 Å². The molecule has 1 aromatic heterocycles. The fourth-order valence-corrected chi connectivity index (χ4v) is 3.32. The SMILES string of the molecule is CC(NCC(O)c1ccsc1)c1c(Cl)ccc(F)c1Cl. The molecule has 2 atom stereocenters. The molecule has 0 bridgehead atoms. The summed E-state index contributed by atoms with van der Waals surface area (Å²) in [6.07, 6.45) is -0.616. The molecule has 20 heavy (non-hydrogen) atoms. The van der Waals surface area contributed by atoms with Gasteiger partial charge in [-0.25, -0.2) is 4.39 Å². The quantitative estimate of drug-likeness (QED) is 0.785. The van der Waals surface area contributed by atoms with Crippen LogP contribution in [0.2, 0.25) is 10.0 Å². The zero-order valence-corrected chi connectivity index (χ0v) is 13.1. The highest BCUT2D eigenvalue weighted by Crippen LogP contribution is 2.32. The van der Waals surface area contributed by atoms with E-state index >= 15 is 0 Å². The lowest BCUT2D eigenvalue weighted by Gasteiger charge is -2.19. The van der Waals surface area contributed by atoms with E-state index in [1.165, 1.54) is 23.5 Å². The second-order valence-electron chi connectivity index (χ2n) is 4.46. The molecule has 0 aliphatic carbocycles. The highest BCUT2D eigenvalue weighted by Gasteiger charge is 2.18. The number of hydrogen-bond donors (Lipinski definition) is 2. The summed E-state index contributed by atoms with van der Waals surface area (Å²) in [6, 6.07) is 4.32. The second-order valence-corrected chi connectivity index (χ2v) is 6.02. The van der Waals surface area contributed by atoms with Crippen molar-refractivity contribution in [1.29, 1.82) is 0 Å². The van der Waals surface area contributed by atoms with Crippen LogP contribution in [0.4, 0.5) is 4.39 Å². The summed E-state index contributed by atoms with van der Waals surface area (Å²) in [7, 11) is 0. The minimum absolute atomic E-state index is 0.0162. The van der Waals surface area contributed by atoms with Gasteiger partial charge >= 0.3 is 0 Å². The molecule has 0 saturated carbocycles. The zero-order valence-electron chi connectivity index (χ0n) is 10.7. The molecule has 2 unspecified atom stereocenters. The van der Waals surface area contributed by atoms with Crippen molar-refractivity contribution in [2.75, 3.05) is 6.54 Å². The van der Waals surface area contributed by atoms with Crippen LogP contribution in [0.1, 0.15) is 30.2 Å². The minimum atomic E-state index is -0.616. The maximum Gasteiger partial charge on any atom is 0.142 e. The van der Waals surface area contributed by atoms with Gasteiger partial charge in [-0.15, -0.1) is 0 Å². The molecule has 0 aliphatic rings. The molecule has 2 aromatic rings. The van der Waals surface area contributed by atoms with Crippen LogP contribution in [0.5, 0.6) is 0 Å². The molecule has 1 aromatic carbocycles. The number of thiophene rings is 1. The van der Waals surface area contributed by atoms with Gasteiger partial charge in [-0.05, 0) is 41.4 Å².